The van der Waals surface area contributed by atoms with Crippen LogP contribution in [0.4, 0.5) is 0 Å². The van der Waals surface area contributed by atoms with Crippen molar-refractivity contribution in [2.45, 2.75) is 51.0 Å². The summed E-state index contributed by atoms with van der Waals surface area (Å²) in [7, 11) is 0. The molecule has 1 aromatic rings. The van der Waals surface area contributed by atoms with Crippen LogP contribution in [0.1, 0.15) is 44.1 Å². The molecule has 3 nitrogen and oxygen atoms in total. The fraction of sp³-hybridized carbons (Fsp3) is 0.588. The molecule has 1 aromatic carbocycles. The quantitative estimate of drug-likeness (QED) is 0.802. The summed E-state index contributed by atoms with van der Waals surface area (Å²) in [6.07, 6.45) is 8.08. The average Bonchev–Trinajstić information content (AvgIpc) is 2.49. The van der Waals surface area contributed by atoms with Crippen LogP contribution in [0.3, 0.4) is 0 Å². The van der Waals surface area contributed by atoms with Gasteiger partial charge in [0.15, 0.2) is 0 Å². The van der Waals surface area contributed by atoms with Crippen LogP contribution in [0.5, 0.6) is 0 Å². The largest absolute Gasteiger partial charge is 0.356 e. The van der Waals surface area contributed by atoms with E-state index < -0.39 is 0 Å². The Balaban J connectivity index is 1.52. The van der Waals surface area contributed by atoms with Gasteiger partial charge in [-0.25, -0.2) is 0 Å². The first kappa shape index (κ1) is 15.0. The van der Waals surface area contributed by atoms with E-state index in [1.807, 2.05) is 18.2 Å². The summed E-state index contributed by atoms with van der Waals surface area (Å²) in [6, 6.07) is 10.9. The van der Waals surface area contributed by atoms with Crippen molar-refractivity contribution >= 4 is 5.91 Å². The van der Waals surface area contributed by atoms with E-state index in [9.17, 15) is 4.79 Å². The number of amides is 1. The predicted octanol–water partition coefficient (Wildman–Crippen LogP) is 2.66. The molecule has 110 valence electrons. The SMILES string of the molecule is O=C(CCNC1CCCCC1)NCCc1ccccc1. The van der Waals surface area contributed by atoms with Crippen LogP contribution >= 0.6 is 0 Å². The second-order valence-corrected chi connectivity index (χ2v) is 5.62. The van der Waals surface area contributed by atoms with Gasteiger partial charge in [-0.05, 0) is 24.8 Å². The molecule has 0 spiro atoms. The van der Waals surface area contributed by atoms with Gasteiger partial charge in [0.2, 0.25) is 5.91 Å². The number of carbonyl (C=O) groups excluding carboxylic acids is 1. The first-order chi connectivity index (χ1) is 9.84. The molecule has 0 bridgehead atoms. The van der Waals surface area contributed by atoms with Crippen molar-refractivity contribution in [1.82, 2.24) is 10.6 Å². The van der Waals surface area contributed by atoms with Crippen molar-refractivity contribution in [1.29, 1.82) is 0 Å². The van der Waals surface area contributed by atoms with Crippen molar-refractivity contribution in [2.75, 3.05) is 13.1 Å². The van der Waals surface area contributed by atoms with Gasteiger partial charge in [-0.2, -0.15) is 0 Å². The van der Waals surface area contributed by atoms with Crippen molar-refractivity contribution < 1.29 is 4.79 Å². The van der Waals surface area contributed by atoms with Gasteiger partial charge in [0.05, 0.1) is 0 Å². The van der Waals surface area contributed by atoms with Gasteiger partial charge < -0.3 is 10.6 Å². The Bertz CT molecular complexity index is 385. The van der Waals surface area contributed by atoms with Gasteiger partial charge in [-0.15, -0.1) is 0 Å². The van der Waals surface area contributed by atoms with Crippen molar-refractivity contribution in [3.63, 3.8) is 0 Å². The highest BCUT2D eigenvalue weighted by Crippen LogP contribution is 2.17. The van der Waals surface area contributed by atoms with Gasteiger partial charge in [0, 0.05) is 25.6 Å². The highest BCUT2D eigenvalue weighted by Gasteiger charge is 2.12. The summed E-state index contributed by atoms with van der Waals surface area (Å²) < 4.78 is 0. The summed E-state index contributed by atoms with van der Waals surface area (Å²) >= 11 is 0. The molecular formula is C17H26N2O. The molecule has 1 aliphatic carbocycles. The predicted molar refractivity (Wildman–Crippen MR) is 82.6 cm³/mol. The van der Waals surface area contributed by atoms with Crippen molar-refractivity contribution in [3.8, 4) is 0 Å². The highest BCUT2D eigenvalue weighted by atomic mass is 16.1. The number of nitrogens with one attached hydrogen (secondary N) is 2. The molecule has 20 heavy (non-hydrogen) atoms. The van der Waals surface area contributed by atoms with Crippen molar-refractivity contribution in [2.24, 2.45) is 0 Å². The van der Waals surface area contributed by atoms with Crippen LogP contribution in [0.15, 0.2) is 30.3 Å². The summed E-state index contributed by atoms with van der Waals surface area (Å²) in [5.74, 6) is 0.157. The Morgan fingerprint density at radius 2 is 1.80 bits per heavy atom. The minimum absolute atomic E-state index is 0.157. The minimum Gasteiger partial charge on any atom is -0.356 e. The molecule has 0 unspecified atom stereocenters. The number of rotatable bonds is 7. The average molecular weight is 274 g/mol. The van der Waals surface area contributed by atoms with E-state index in [1.165, 1.54) is 37.7 Å². The van der Waals surface area contributed by atoms with Crippen LogP contribution in [-0.2, 0) is 11.2 Å². The molecule has 1 amide bonds. The summed E-state index contributed by atoms with van der Waals surface area (Å²) in [6.45, 7) is 1.54. The summed E-state index contributed by atoms with van der Waals surface area (Å²) in [4.78, 5) is 11.7. The smallest absolute Gasteiger partial charge is 0.221 e. The zero-order valence-corrected chi connectivity index (χ0v) is 12.2. The summed E-state index contributed by atoms with van der Waals surface area (Å²) in [5.41, 5.74) is 1.27. The molecule has 0 heterocycles. The van der Waals surface area contributed by atoms with E-state index in [4.69, 9.17) is 0 Å². The molecule has 1 fully saturated rings. The van der Waals surface area contributed by atoms with Crippen LogP contribution in [-0.4, -0.2) is 25.0 Å². The minimum atomic E-state index is 0.157. The number of hydrogen-bond acceptors (Lipinski definition) is 2. The maximum absolute atomic E-state index is 11.7. The normalized spacial score (nSPS) is 16.0. The first-order valence-electron chi connectivity index (χ1n) is 7.88. The van der Waals surface area contributed by atoms with Gasteiger partial charge in [0.1, 0.15) is 0 Å². The van der Waals surface area contributed by atoms with Crippen LogP contribution in [0.25, 0.3) is 0 Å². The van der Waals surface area contributed by atoms with Crippen LogP contribution in [0.2, 0.25) is 0 Å². The fourth-order valence-electron chi connectivity index (χ4n) is 2.78. The second kappa shape index (κ2) is 8.75. The van der Waals surface area contributed by atoms with Crippen LogP contribution in [0, 0.1) is 0 Å². The van der Waals surface area contributed by atoms with E-state index in [-0.39, 0.29) is 5.91 Å². The van der Waals surface area contributed by atoms with E-state index in [2.05, 4.69) is 22.8 Å². The molecule has 2 N–H and O–H groups in total. The Labute approximate surface area is 122 Å². The monoisotopic (exact) mass is 274 g/mol. The zero-order valence-electron chi connectivity index (χ0n) is 12.2. The maximum Gasteiger partial charge on any atom is 0.221 e. The topological polar surface area (TPSA) is 41.1 Å². The Hall–Kier alpha value is -1.35. The lowest BCUT2D eigenvalue weighted by atomic mass is 9.95. The molecular weight excluding hydrogens is 248 g/mol. The number of hydrogen-bond donors (Lipinski definition) is 2. The first-order valence-corrected chi connectivity index (χ1v) is 7.88. The van der Waals surface area contributed by atoms with Crippen LogP contribution < -0.4 is 10.6 Å². The molecule has 0 saturated heterocycles. The second-order valence-electron chi connectivity index (χ2n) is 5.62. The molecule has 1 aliphatic rings. The third kappa shape index (κ3) is 5.74. The Kier molecular flexibility index (Phi) is 6.58. The lowest BCUT2D eigenvalue weighted by molar-refractivity contribution is -0.120. The number of benzene rings is 1. The van der Waals surface area contributed by atoms with E-state index >= 15 is 0 Å². The Morgan fingerprint density at radius 3 is 2.55 bits per heavy atom. The highest BCUT2D eigenvalue weighted by molar-refractivity contribution is 5.76. The fourth-order valence-corrected chi connectivity index (χ4v) is 2.78. The molecule has 2 rings (SSSR count). The number of carbonyl (C=O) groups is 1. The van der Waals surface area contributed by atoms with E-state index in [0.29, 0.717) is 12.5 Å². The van der Waals surface area contributed by atoms with Gasteiger partial charge >= 0.3 is 0 Å². The Morgan fingerprint density at radius 1 is 1.05 bits per heavy atom. The molecule has 3 heteroatoms. The van der Waals surface area contributed by atoms with E-state index in [1.54, 1.807) is 0 Å². The molecule has 0 atom stereocenters. The third-order valence-electron chi connectivity index (χ3n) is 3.97. The summed E-state index contributed by atoms with van der Waals surface area (Å²) in [5, 5.41) is 6.49. The third-order valence-corrected chi connectivity index (χ3v) is 3.97. The standard InChI is InChI=1S/C17H26N2O/c20-17(12-14-18-16-9-5-2-6-10-16)19-13-11-15-7-3-1-4-8-15/h1,3-4,7-8,16,18H,2,5-6,9-14H2,(H,19,20). The molecule has 1 saturated carbocycles. The van der Waals surface area contributed by atoms with Crippen molar-refractivity contribution in [3.05, 3.63) is 35.9 Å². The van der Waals surface area contributed by atoms with Gasteiger partial charge in [0.25, 0.3) is 0 Å². The van der Waals surface area contributed by atoms with E-state index in [0.717, 1.165) is 19.5 Å². The zero-order chi connectivity index (χ0) is 14.0. The maximum atomic E-state index is 11.7. The lowest BCUT2D eigenvalue weighted by Crippen LogP contribution is -2.35. The molecule has 0 radical (unpaired) electrons. The lowest BCUT2D eigenvalue weighted by Gasteiger charge is -2.22. The van der Waals surface area contributed by atoms with Gasteiger partial charge in [-0.3, -0.25) is 4.79 Å². The molecule has 0 aromatic heterocycles. The van der Waals surface area contributed by atoms with Gasteiger partial charge in [-0.1, -0.05) is 49.6 Å². The molecule has 0 aliphatic heterocycles.